The molecule has 0 aliphatic carbocycles. The van der Waals surface area contributed by atoms with E-state index in [0.29, 0.717) is 6.29 Å². The van der Waals surface area contributed by atoms with Crippen LogP contribution in [-0.2, 0) is 11.3 Å². The third kappa shape index (κ3) is 2.35. The number of nitro groups is 1. The van der Waals surface area contributed by atoms with E-state index in [-0.39, 0.29) is 34.2 Å². The summed E-state index contributed by atoms with van der Waals surface area (Å²) in [7, 11) is 0. The summed E-state index contributed by atoms with van der Waals surface area (Å²) in [6.07, 6.45) is 1.96. The Balaban J connectivity index is 3.35. The number of rotatable bonds is 4. The van der Waals surface area contributed by atoms with E-state index in [1.165, 1.54) is 6.92 Å². The fraction of sp³-hybridized carbons (Fsp3) is 0.333. The van der Waals surface area contributed by atoms with Crippen molar-refractivity contribution in [2.24, 2.45) is 0 Å². The van der Waals surface area contributed by atoms with Gasteiger partial charge in [-0.25, -0.2) is 0 Å². The van der Waals surface area contributed by atoms with Gasteiger partial charge in [0.2, 0.25) is 0 Å². The summed E-state index contributed by atoms with van der Waals surface area (Å²) in [5.74, 6) is 0. The zero-order chi connectivity index (χ0) is 12.3. The molecule has 0 saturated heterocycles. The summed E-state index contributed by atoms with van der Waals surface area (Å²) in [5, 5.41) is 10.7. The van der Waals surface area contributed by atoms with Gasteiger partial charge in [0.15, 0.2) is 0 Å². The summed E-state index contributed by atoms with van der Waals surface area (Å²) in [6.45, 7) is 1.63. The van der Waals surface area contributed by atoms with Crippen molar-refractivity contribution in [2.75, 3.05) is 0 Å². The molecular weight excluding hydrogens is 280 g/mol. The number of hydrogen-bond donors (Lipinski definition) is 0. The molecule has 0 fully saturated rings. The first-order valence-electron chi connectivity index (χ1n) is 4.46. The SMILES string of the molecule is Cc1c([N+](=O)[O-])cn(CCC=O)c(=O)c1Br. The standard InChI is InChI=1S/C9H9BrN2O4/c1-6-7(12(15)16)5-11(3-2-4-13)9(14)8(6)10/h4-5H,2-3H2,1H3. The van der Waals surface area contributed by atoms with Crippen molar-refractivity contribution in [1.29, 1.82) is 0 Å². The molecule has 1 rings (SSSR count). The Morgan fingerprint density at radius 3 is 2.75 bits per heavy atom. The van der Waals surface area contributed by atoms with Gasteiger partial charge in [0.05, 0.1) is 15.6 Å². The predicted molar refractivity (Wildman–Crippen MR) is 60.5 cm³/mol. The van der Waals surface area contributed by atoms with Crippen molar-refractivity contribution < 1.29 is 9.72 Å². The second-order valence-corrected chi connectivity index (χ2v) is 3.96. The Bertz CT molecular complexity index is 495. The molecule has 0 aliphatic heterocycles. The van der Waals surface area contributed by atoms with Crippen molar-refractivity contribution >= 4 is 27.9 Å². The average molecular weight is 289 g/mol. The minimum atomic E-state index is -0.559. The van der Waals surface area contributed by atoms with Gasteiger partial charge in [-0.15, -0.1) is 0 Å². The van der Waals surface area contributed by atoms with Crippen LogP contribution in [0.2, 0.25) is 0 Å². The molecule has 0 amide bonds. The normalized spacial score (nSPS) is 10.1. The molecule has 1 aromatic rings. The highest BCUT2D eigenvalue weighted by Crippen LogP contribution is 2.22. The third-order valence-electron chi connectivity index (χ3n) is 2.12. The molecule has 0 bridgehead atoms. The lowest BCUT2D eigenvalue weighted by Gasteiger charge is -2.06. The number of aryl methyl sites for hydroxylation is 1. The van der Waals surface area contributed by atoms with Crippen LogP contribution in [0.15, 0.2) is 15.5 Å². The lowest BCUT2D eigenvalue weighted by atomic mass is 10.2. The number of halogens is 1. The topological polar surface area (TPSA) is 82.2 Å². The van der Waals surface area contributed by atoms with Crippen molar-refractivity contribution in [1.82, 2.24) is 4.57 Å². The number of aldehydes is 1. The van der Waals surface area contributed by atoms with E-state index >= 15 is 0 Å². The van der Waals surface area contributed by atoms with Crippen molar-refractivity contribution in [3.63, 3.8) is 0 Å². The van der Waals surface area contributed by atoms with E-state index < -0.39 is 4.92 Å². The first-order chi connectivity index (χ1) is 7.49. The Hall–Kier alpha value is -1.50. The zero-order valence-electron chi connectivity index (χ0n) is 8.47. The molecule has 0 unspecified atom stereocenters. The molecule has 0 atom stereocenters. The number of hydrogen-bond acceptors (Lipinski definition) is 4. The molecular formula is C9H9BrN2O4. The third-order valence-corrected chi connectivity index (χ3v) is 3.06. The van der Waals surface area contributed by atoms with Crippen molar-refractivity contribution in [3.8, 4) is 0 Å². The Morgan fingerprint density at radius 2 is 2.25 bits per heavy atom. The monoisotopic (exact) mass is 288 g/mol. The van der Waals surface area contributed by atoms with Gasteiger partial charge in [-0.2, -0.15) is 0 Å². The van der Waals surface area contributed by atoms with Gasteiger partial charge in [-0.3, -0.25) is 14.9 Å². The van der Waals surface area contributed by atoms with Crippen LogP contribution < -0.4 is 5.56 Å². The number of carbonyl (C=O) groups is 1. The smallest absolute Gasteiger partial charge is 0.289 e. The maximum absolute atomic E-state index is 11.6. The second-order valence-electron chi connectivity index (χ2n) is 3.16. The van der Waals surface area contributed by atoms with E-state index in [1.807, 2.05) is 0 Å². The summed E-state index contributed by atoms with van der Waals surface area (Å²) < 4.78 is 1.32. The summed E-state index contributed by atoms with van der Waals surface area (Å²) >= 11 is 3.01. The highest BCUT2D eigenvalue weighted by molar-refractivity contribution is 9.10. The molecule has 86 valence electrons. The molecule has 0 aromatic carbocycles. The summed E-state index contributed by atoms with van der Waals surface area (Å²) in [4.78, 5) is 32.0. The van der Waals surface area contributed by atoms with Crippen LogP contribution in [0.1, 0.15) is 12.0 Å². The molecule has 0 N–H and O–H groups in total. The highest BCUT2D eigenvalue weighted by Gasteiger charge is 2.17. The maximum atomic E-state index is 11.6. The lowest BCUT2D eigenvalue weighted by Crippen LogP contribution is -2.22. The number of aromatic nitrogens is 1. The molecule has 0 aliphatic rings. The molecule has 1 aromatic heterocycles. The van der Waals surface area contributed by atoms with Crippen LogP contribution in [0.3, 0.4) is 0 Å². The molecule has 1 heterocycles. The molecule has 7 heteroatoms. The quantitative estimate of drug-likeness (QED) is 0.477. The van der Waals surface area contributed by atoms with Crippen LogP contribution in [0.25, 0.3) is 0 Å². The molecule has 16 heavy (non-hydrogen) atoms. The van der Waals surface area contributed by atoms with Gasteiger partial charge in [0, 0.05) is 18.5 Å². The van der Waals surface area contributed by atoms with Gasteiger partial charge in [0.1, 0.15) is 6.29 Å². The first-order valence-corrected chi connectivity index (χ1v) is 5.26. The van der Waals surface area contributed by atoms with Gasteiger partial charge in [0.25, 0.3) is 11.2 Å². The lowest BCUT2D eigenvalue weighted by molar-refractivity contribution is -0.386. The average Bonchev–Trinajstić information content (AvgIpc) is 2.24. The minimum Gasteiger partial charge on any atom is -0.307 e. The summed E-state index contributed by atoms with van der Waals surface area (Å²) in [6, 6.07) is 0. The van der Waals surface area contributed by atoms with Crippen molar-refractivity contribution in [2.45, 2.75) is 19.9 Å². The molecule has 0 saturated carbocycles. The maximum Gasteiger partial charge on any atom is 0.289 e. The van der Waals surface area contributed by atoms with Crippen LogP contribution in [0.4, 0.5) is 5.69 Å². The van der Waals surface area contributed by atoms with Crippen LogP contribution in [-0.4, -0.2) is 15.8 Å². The first kappa shape index (κ1) is 12.6. The fourth-order valence-electron chi connectivity index (χ4n) is 1.24. The van der Waals surface area contributed by atoms with Crippen LogP contribution in [0, 0.1) is 17.0 Å². The van der Waals surface area contributed by atoms with E-state index in [4.69, 9.17) is 0 Å². The van der Waals surface area contributed by atoms with Crippen LogP contribution >= 0.6 is 15.9 Å². The van der Waals surface area contributed by atoms with E-state index in [1.54, 1.807) is 0 Å². The largest absolute Gasteiger partial charge is 0.307 e. The highest BCUT2D eigenvalue weighted by atomic mass is 79.9. The fourth-order valence-corrected chi connectivity index (χ4v) is 1.67. The van der Waals surface area contributed by atoms with E-state index in [0.717, 1.165) is 10.8 Å². The minimum absolute atomic E-state index is 0.141. The Labute approximate surface area is 99.2 Å². The number of pyridine rings is 1. The zero-order valence-corrected chi connectivity index (χ0v) is 10.1. The van der Waals surface area contributed by atoms with Gasteiger partial charge in [-0.05, 0) is 22.9 Å². The Kier molecular flexibility index (Phi) is 3.94. The Morgan fingerprint density at radius 1 is 1.62 bits per heavy atom. The number of nitrogens with zero attached hydrogens (tertiary/aromatic N) is 2. The summed E-state index contributed by atoms with van der Waals surface area (Å²) in [5.41, 5.74) is -0.223. The molecule has 0 radical (unpaired) electrons. The number of carbonyl (C=O) groups excluding carboxylic acids is 1. The van der Waals surface area contributed by atoms with Gasteiger partial charge < -0.3 is 9.36 Å². The second kappa shape index (κ2) is 5.02. The molecule has 6 nitrogen and oxygen atoms in total. The van der Waals surface area contributed by atoms with E-state index in [9.17, 15) is 19.7 Å². The van der Waals surface area contributed by atoms with Gasteiger partial charge in [-0.1, -0.05) is 0 Å². The predicted octanol–water partition coefficient (Wildman–Crippen LogP) is 1.42. The van der Waals surface area contributed by atoms with E-state index in [2.05, 4.69) is 15.9 Å². The van der Waals surface area contributed by atoms with Gasteiger partial charge >= 0.3 is 0 Å². The van der Waals surface area contributed by atoms with Crippen molar-refractivity contribution in [3.05, 3.63) is 36.7 Å². The van der Waals surface area contributed by atoms with Crippen LogP contribution in [0.5, 0.6) is 0 Å². The molecule has 0 spiro atoms.